The van der Waals surface area contributed by atoms with Crippen LogP contribution in [-0.4, -0.2) is 39.6 Å². The number of carbonyl (C=O) groups is 1. The number of anilines is 2. The van der Waals surface area contributed by atoms with E-state index in [0.717, 1.165) is 6.07 Å². The van der Waals surface area contributed by atoms with E-state index in [1.807, 2.05) is 13.8 Å². The molecule has 27 heavy (non-hydrogen) atoms. The summed E-state index contributed by atoms with van der Waals surface area (Å²) in [5, 5.41) is 37.6. The molecule has 0 heterocycles. The Morgan fingerprint density at radius 3 is 2.04 bits per heavy atom. The molecule has 0 bridgehead atoms. The van der Waals surface area contributed by atoms with Crippen molar-refractivity contribution in [1.82, 2.24) is 0 Å². The fraction of sp³-hybridized carbons (Fsp3) is 0.562. The first-order valence-corrected chi connectivity index (χ1v) is 8.50. The maximum Gasteiger partial charge on any atom is 0.299 e. The minimum absolute atomic E-state index is 0.00164. The van der Waals surface area contributed by atoms with Crippen LogP contribution in [0, 0.1) is 26.1 Å². The van der Waals surface area contributed by atoms with E-state index in [0.29, 0.717) is 12.8 Å². The molecule has 5 N–H and O–H groups in total. The number of amides is 1. The molecule has 0 aromatic heterocycles. The van der Waals surface area contributed by atoms with Gasteiger partial charge in [-0.3, -0.25) is 25.0 Å². The molecule has 2 atom stereocenters. The number of hydrogen-bond acceptors (Lipinski definition) is 8. The predicted octanol–water partition coefficient (Wildman–Crippen LogP) is 2.00. The number of aliphatic hydroxyl groups is 1. The second-order valence-electron chi connectivity index (χ2n) is 6.56. The van der Waals surface area contributed by atoms with Crippen LogP contribution in [0.1, 0.15) is 33.6 Å². The van der Waals surface area contributed by atoms with Gasteiger partial charge in [-0.1, -0.05) is 20.8 Å². The summed E-state index contributed by atoms with van der Waals surface area (Å²) in [6.45, 7) is 5.23. The van der Waals surface area contributed by atoms with Gasteiger partial charge in [-0.2, -0.15) is 0 Å². The number of rotatable bonds is 11. The predicted molar refractivity (Wildman–Crippen MR) is 101 cm³/mol. The molecule has 1 rings (SSSR count). The number of hydrogen-bond donors (Lipinski definition) is 4. The summed E-state index contributed by atoms with van der Waals surface area (Å²) in [7, 11) is 0. The van der Waals surface area contributed by atoms with E-state index in [1.54, 1.807) is 6.92 Å². The molecule has 0 aliphatic carbocycles. The number of nitro benzene ring substituents is 2. The molecule has 0 aliphatic rings. The molecule has 1 aromatic carbocycles. The number of benzene rings is 1. The summed E-state index contributed by atoms with van der Waals surface area (Å²) in [5.41, 5.74) is 4.26. The Kier molecular flexibility index (Phi) is 7.91. The highest BCUT2D eigenvalue weighted by atomic mass is 16.6. The molecule has 0 saturated carbocycles. The Labute approximate surface area is 156 Å². The van der Waals surface area contributed by atoms with Gasteiger partial charge in [-0.25, -0.2) is 0 Å². The molecule has 0 fully saturated rings. The molecule has 0 spiro atoms. The van der Waals surface area contributed by atoms with Crippen molar-refractivity contribution in [2.75, 3.05) is 17.2 Å². The molecule has 11 nitrogen and oxygen atoms in total. The normalized spacial score (nSPS) is 13.1. The summed E-state index contributed by atoms with van der Waals surface area (Å²) < 4.78 is 0. The van der Waals surface area contributed by atoms with Gasteiger partial charge in [0.15, 0.2) is 0 Å². The van der Waals surface area contributed by atoms with Crippen LogP contribution in [0.5, 0.6) is 0 Å². The smallest absolute Gasteiger partial charge is 0.299 e. The van der Waals surface area contributed by atoms with Crippen LogP contribution in [0.3, 0.4) is 0 Å². The van der Waals surface area contributed by atoms with Crippen LogP contribution in [0.15, 0.2) is 12.1 Å². The maximum atomic E-state index is 11.7. The highest BCUT2D eigenvalue weighted by Crippen LogP contribution is 2.37. The third kappa shape index (κ3) is 6.06. The lowest BCUT2D eigenvalue weighted by Crippen LogP contribution is -2.36. The first-order chi connectivity index (χ1) is 12.6. The molecular weight excluding hydrogens is 358 g/mol. The SMILES string of the molecule is CC[C@@H](CO)Nc1cc(N[C@@H](CC(C)C)C(N)=O)c([N+](=O)[O-])cc1[N+](=O)[O-]. The molecule has 1 amide bonds. The Balaban J connectivity index is 3.44. The van der Waals surface area contributed by atoms with Crippen LogP contribution in [0.25, 0.3) is 0 Å². The van der Waals surface area contributed by atoms with E-state index in [4.69, 9.17) is 5.73 Å². The van der Waals surface area contributed by atoms with Gasteiger partial charge in [0, 0.05) is 6.04 Å². The van der Waals surface area contributed by atoms with Crippen molar-refractivity contribution in [2.24, 2.45) is 11.7 Å². The lowest BCUT2D eigenvalue weighted by molar-refractivity contribution is -0.393. The van der Waals surface area contributed by atoms with E-state index in [2.05, 4.69) is 10.6 Å². The molecule has 0 saturated heterocycles. The summed E-state index contributed by atoms with van der Waals surface area (Å²) in [6, 6.07) is 0.672. The van der Waals surface area contributed by atoms with Gasteiger partial charge in [0.2, 0.25) is 5.91 Å². The average molecular weight is 383 g/mol. The molecule has 0 unspecified atom stereocenters. The fourth-order valence-corrected chi connectivity index (χ4v) is 2.51. The maximum absolute atomic E-state index is 11.7. The molecule has 0 aliphatic heterocycles. The van der Waals surface area contributed by atoms with Crippen LogP contribution < -0.4 is 16.4 Å². The van der Waals surface area contributed by atoms with Crippen molar-refractivity contribution >= 4 is 28.7 Å². The van der Waals surface area contributed by atoms with Crippen molar-refractivity contribution in [2.45, 2.75) is 45.7 Å². The minimum Gasteiger partial charge on any atom is -0.394 e. The van der Waals surface area contributed by atoms with Crippen molar-refractivity contribution in [3.8, 4) is 0 Å². The van der Waals surface area contributed by atoms with Gasteiger partial charge in [-0.15, -0.1) is 0 Å². The zero-order valence-corrected chi connectivity index (χ0v) is 15.5. The highest BCUT2D eigenvalue weighted by Gasteiger charge is 2.28. The zero-order chi connectivity index (χ0) is 20.7. The first kappa shape index (κ1) is 22.1. The van der Waals surface area contributed by atoms with Crippen molar-refractivity contribution in [3.63, 3.8) is 0 Å². The van der Waals surface area contributed by atoms with Crippen LogP contribution in [-0.2, 0) is 4.79 Å². The Bertz CT molecular complexity index is 705. The molecule has 0 radical (unpaired) electrons. The number of primary amides is 1. The summed E-state index contributed by atoms with van der Waals surface area (Å²) in [5.74, 6) is -0.601. The number of nitro groups is 2. The fourth-order valence-electron chi connectivity index (χ4n) is 2.51. The quantitative estimate of drug-likeness (QED) is 0.331. The average Bonchev–Trinajstić information content (AvgIpc) is 2.57. The third-order valence-corrected chi connectivity index (χ3v) is 3.96. The van der Waals surface area contributed by atoms with Crippen molar-refractivity contribution in [3.05, 3.63) is 32.4 Å². The van der Waals surface area contributed by atoms with Crippen LogP contribution in [0.4, 0.5) is 22.7 Å². The minimum atomic E-state index is -0.877. The largest absolute Gasteiger partial charge is 0.394 e. The lowest BCUT2D eigenvalue weighted by atomic mass is 10.0. The topological polar surface area (TPSA) is 174 Å². The number of aliphatic hydroxyl groups excluding tert-OH is 1. The van der Waals surface area contributed by atoms with E-state index in [1.165, 1.54) is 6.07 Å². The Morgan fingerprint density at radius 1 is 1.15 bits per heavy atom. The van der Waals surface area contributed by atoms with Gasteiger partial charge < -0.3 is 21.5 Å². The van der Waals surface area contributed by atoms with Crippen molar-refractivity contribution in [1.29, 1.82) is 0 Å². The van der Waals surface area contributed by atoms with Gasteiger partial charge in [-0.05, 0) is 24.8 Å². The van der Waals surface area contributed by atoms with Gasteiger partial charge >= 0.3 is 0 Å². The lowest BCUT2D eigenvalue weighted by Gasteiger charge is -2.20. The number of nitrogens with one attached hydrogen (secondary N) is 2. The molecule has 150 valence electrons. The molecular formula is C16H25N5O6. The van der Waals surface area contributed by atoms with E-state index in [-0.39, 0.29) is 23.9 Å². The van der Waals surface area contributed by atoms with E-state index < -0.39 is 39.2 Å². The van der Waals surface area contributed by atoms with E-state index in [9.17, 15) is 30.1 Å². The van der Waals surface area contributed by atoms with Gasteiger partial charge in [0.05, 0.1) is 22.5 Å². The number of carbonyl (C=O) groups excluding carboxylic acids is 1. The van der Waals surface area contributed by atoms with E-state index >= 15 is 0 Å². The Hall–Kier alpha value is -2.95. The van der Waals surface area contributed by atoms with Crippen LogP contribution >= 0.6 is 0 Å². The highest BCUT2D eigenvalue weighted by molar-refractivity contribution is 5.85. The molecule has 11 heteroatoms. The monoisotopic (exact) mass is 383 g/mol. The summed E-state index contributed by atoms with van der Waals surface area (Å²) in [4.78, 5) is 32.9. The second kappa shape index (κ2) is 9.67. The van der Waals surface area contributed by atoms with Crippen molar-refractivity contribution < 1.29 is 19.7 Å². The third-order valence-electron chi connectivity index (χ3n) is 3.96. The first-order valence-electron chi connectivity index (χ1n) is 8.50. The zero-order valence-electron chi connectivity index (χ0n) is 15.5. The van der Waals surface area contributed by atoms with Crippen LogP contribution in [0.2, 0.25) is 0 Å². The second-order valence-corrected chi connectivity index (χ2v) is 6.56. The standard InChI is InChI=1S/C16H25N5O6/c1-4-10(8-22)18-11-6-12(19-13(16(17)23)5-9(2)3)15(21(26)27)7-14(11)20(24)25/h6-7,9-10,13,18-19,22H,4-5,8H2,1-3H3,(H2,17,23)/t10-,13-/m0/s1. The number of nitrogens with zero attached hydrogens (tertiary/aromatic N) is 2. The summed E-state index contributed by atoms with van der Waals surface area (Å²) >= 11 is 0. The van der Waals surface area contributed by atoms with Gasteiger partial charge in [0.25, 0.3) is 11.4 Å². The Morgan fingerprint density at radius 2 is 1.67 bits per heavy atom. The summed E-state index contributed by atoms with van der Waals surface area (Å²) in [6.07, 6.45) is 0.811. The number of nitrogens with two attached hydrogens (primary N) is 1. The molecule has 1 aromatic rings. The van der Waals surface area contributed by atoms with Gasteiger partial charge in [0.1, 0.15) is 17.4 Å².